The minimum atomic E-state index is -0.526. The molecule has 1 aliphatic heterocycles. The first-order chi connectivity index (χ1) is 11.2. The molecule has 1 saturated carbocycles. The van der Waals surface area contributed by atoms with Gasteiger partial charge in [-0.2, -0.15) is 0 Å². The Bertz CT molecular complexity index is 580. The van der Waals surface area contributed by atoms with Gasteiger partial charge in [0.2, 0.25) is 0 Å². The molecular weight excluding hydrogens is 301 g/mol. The summed E-state index contributed by atoms with van der Waals surface area (Å²) in [6, 6.07) is 4.32. The standard InChI is InChI=1S/C17H22FNO4/c1-3-22-15-7-5-13-16(15)23-9-8-19(13)17(20)11-4-6-14(21-2)12(18)10-11/h4,6,10,13,15-16H,3,5,7-9H2,1-2H3/t13-,15-,16-/m0/s1. The van der Waals surface area contributed by atoms with Crippen molar-refractivity contribution in [2.45, 2.75) is 38.0 Å². The molecule has 0 radical (unpaired) electrons. The lowest BCUT2D eigenvalue weighted by molar-refractivity contribution is -0.102. The number of carbonyl (C=O) groups is 1. The second-order valence-corrected chi connectivity index (χ2v) is 5.82. The van der Waals surface area contributed by atoms with Gasteiger partial charge < -0.3 is 19.1 Å². The number of halogens is 1. The van der Waals surface area contributed by atoms with Gasteiger partial charge in [0.15, 0.2) is 11.6 Å². The molecule has 3 rings (SSSR count). The molecule has 2 aliphatic rings. The van der Waals surface area contributed by atoms with Crippen molar-refractivity contribution in [3.63, 3.8) is 0 Å². The first-order valence-corrected chi connectivity index (χ1v) is 8.03. The predicted molar refractivity (Wildman–Crippen MR) is 82.2 cm³/mol. The first kappa shape index (κ1) is 16.2. The molecule has 2 fully saturated rings. The number of rotatable bonds is 4. The predicted octanol–water partition coefficient (Wildman–Crippen LogP) is 2.24. The Morgan fingerprint density at radius 2 is 2.26 bits per heavy atom. The van der Waals surface area contributed by atoms with E-state index >= 15 is 0 Å². The van der Waals surface area contributed by atoms with Crippen LogP contribution < -0.4 is 4.74 Å². The molecule has 1 aliphatic carbocycles. The molecule has 126 valence electrons. The largest absolute Gasteiger partial charge is 0.494 e. The molecule has 23 heavy (non-hydrogen) atoms. The van der Waals surface area contributed by atoms with E-state index < -0.39 is 5.82 Å². The fourth-order valence-corrected chi connectivity index (χ4v) is 3.53. The SMILES string of the molecule is CCO[C@H]1CC[C@H]2[C@@H]1OCCN2C(=O)c1ccc(OC)c(F)c1. The Labute approximate surface area is 135 Å². The van der Waals surface area contributed by atoms with E-state index in [4.69, 9.17) is 14.2 Å². The van der Waals surface area contributed by atoms with E-state index in [0.717, 1.165) is 12.8 Å². The summed E-state index contributed by atoms with van der Waals surface area (Å²) in [6.45, 7) is 3.59. The van der Waals surface area contributed by atoms with Gasteiger partial charge in [0.05, 0.1) is 25.9 Å². The maximum absolute atomic E-state index is 13.9. The number of amides is 1. The van der Waals surface area contributed by atoms with Crippen LogP contribution in [-0.4, -0.2) is 55.9 Å². The highest BCUT2D eigenvalue weighted by atomic mass is 19.1. The molecule has 0 N–H and O–H groups in total. The topological polar surface area (TPSA) is 48.0 Å². The second-order valence-electron chi connectivity index (χ2n) is 5.82. The summed E-state index contributed by atoms with van der Waals surface area (Å²) < 4.78 is 30.3. The zero-order chi connectivity index (χ0) is 16.4. The van der Waals surface area contributed by atoms with E-state index in [1.807, 2.05) is 6.92 Å². The monoisotopic (exact) mass is 323 g/mol. The van der Waals surface area contributed by atoms with Gasteiger partial charge in [0.25, 0.3) is 5.91 Å². The highest BCUT2D eigenvalue weighted by Crippen LogP contribution is 2.33. The summed E-state index contributed by atoms with van der Waals surface area (Å²) in [5.41, 5.74) is 0.337. The molecule has 1 aromatic carbocycles. The van der Waals surface area contributed by atoms with Crippen LogP contribution >= 0.6 is 0 Å². The Morgan fingerprint density at radius 1 is 1.43 bits per heavy atom. The Morgan fingerprint density at radius 3 is 2.96 bits per heavy atom. The third-order valence-electron chi connectivity index (χ3n) is 4.58. The van der Waals surface area contributed by atoms with Crippen molar-refractivity contribution in [1.82, 2.24) is 4.90 Å². The molecule has 0 unspecified atom stereocenters. The summed E-state index contributed by atoms with van der Waals surface area (Å²) in [5, 5.41) is 0. The van der Waals surface area contributed by atoms with Gasteiger partial charge in [-0.3, -0.25) is 4.79 Å². The van der Waals surface area contributed by atoms with Gasteiger partial charge in [-0.1, -0.05) is 0 Å². The van der Waals surface area contributed by atoms with Crippen LogP contribution in [0.4, 0.5) is 4.39 Å². The van der Waals surface area contributed by atoms with Crippen LogP contribution in [-0.2, 0) is 9.47 Å². The van der Waals surface area contributed by atoms with E-state index in [-0.39, 0.29) is 29.9 Å². The van der Waals surface area contributed by atoms with Gasteiger partial charge in [-0.25, -0.2) is 4.39 Å². The van der Waals surface area contributed by atoms with Gasteiger partial charge in [-0.05, 0) is 38.0 Å². The van der Waals surface area contributed by atoms with E-state index in [1.165, 1.54) is 19.2 Å². The smallest absolute Gasteiger partial charge is 0.254 e. The molecule has 1 heterocycles. The number of ether oxygens (including phenoxy) is 3. The third kappa shape index (κ3) is 3.05. The van der Waals surface area contributed by atoms with Gasteiger partial charge in [0, 0.05) is 18.7 Å². The van der Waals surface area contributed by atoms with Crippen LogP contribution in [0.15, 0.2) is 18.2 Å². The van der Waals surface area contributed by atoms with Crippen LogP contribution in [0.5, 0.6) is 5.75 Å². The number of nitrogens with zero attached hydrogens (tertiary/aromatic N) is 1. The van der Waals surface area contributed by atoms with E-state index in [9.17, 15) is 9.18 Å². The van der Waals surface area contributed by atoms with Crippen molar-refractivity contribution >= 4 is 5.91 Å². The minimum absolute atomic E-state index is 0.00189. The van der Waals surface area contributed by atoms with Gasteiger partial charge in [0.1, 0.15) is 6.10 Å². The van der Waals surface area contributed by atoms with Crippen molar-refractivity contribution in [1.29, 1.82) is 0 Å². The number of carbonyl (C=O) groups excluding carboxylic acids is 1. The van der Waals surface area contributed by atoms with Crippen molar-refractivity contribution in [3.8, 4) is 5.75 Å². The third-order valence-corrected chi connectivity index (χ3v) is 4.58. The average Bonchev–Trinajstić information content (AvgIpc) is 2.98. The van der Waals surface area contributed by atoms with Crippen LogP contribution in [0.1, 0.15) is 30.1 Å². The van der Waals surface area contributed by atoms with Crippen LogP contribution in [0.3, 0.4) is 0 Å². The summed E-state index contributed by atoms with van der Waals surface area (Å²) >= 11 is 0. The summed E-state index contributed by atoms with van der Waals surface area (Å²) in [6.07, 6.45) is 1.67. The Hall–Kier alpha value is -1.66. The van der Waals surface area contributed by atoms with Gasteiger partial charge >= 0.3 is 0 Å². The molecule has 3 atom stereocenters. The number of fused-ring (bicyclic) bond motifs is 1. The van der Waals surface area contributed by atoms with Crippen LogP contribution in [0.25, 0.3) is 0 Å². The van der Waals surface area contributed by atoms with Crippen LogP contribution in [0, 0.1) is 5.82 Å². The average molecular weight is 323 g/mol. The zero-order valence-electron chi connectivity index (χ0n) is 13.5. The van der Waals surface area contributed by atoms with Crippen molar-refractivity contribution in [2.75, 3.05) is 26.9 Å². The van der Waals surface area contributed by atoms with Crippen LogP contribution in [0.2, 0.25) is 0 Å². The molecule has 1 aromatic rings. The number of benzene rings is 1. The van der Waals surface area contributed by atoms with E-state index in [0.29, 0.717) is 25.3 Å². The quantitative estimate of drug-likeness (QED) is 0.853. The lowest BCUT2D eigenvalue weighted by Crippen LogP contribution is -2.53. The normalized spacial score (nSPS) is 26.9. The Balaban J connectivity index is 1.78. The molecule has 1 saturated heterocycles. The fourth-order valence-electron chi connectivity index (χ4n) is 3.53. The summed E-state index contributed by atoms with van der Waals surface area (Å²) in [7, 11) is 1.40. The van der Waals surface area contributed by atoms with Crippen molar-refractivity contribution in [3.05, 3.63) is 29.6 Å². The Kier molecular flexibility index (Phi) is 4.82. The molecule has 0 aromatic heterocycles. The molecule has 0 bridgehead atoms. The highest BCUT2D eigenvalue weighted by Gasteiger charge is 2.45. The maximum atomic E-state index is 13.9. The minimum Gasteiger partial charge on any atom is -0.494 e. The molecule has 6 heteroatoms. The highest BCUT2D eigenvalue weighted by molar-refractivity contribution is 5.94. The van der Waals surface area contributed by atoms with E-state index in [2.05, 4.69) is 0 Å². The fraction of sp³-hybridized carbons (Fsp3) is 0.588. The van der Waals surface area contributed by atoms with E-state index in [1.54, 1.807) is 11.0 Å². The molecule has 0 spiro atoms. The second kappa shape index (κ2) is 6.84. The molecular formula is C17H22FNO4. The maximum Gasteiger partial charge on any atom is 0.254 e. The number of hydrogen-bond acceptors (Lipinski definition) is 4. The molecule has 5 nitrogen and oxygen atoms in total. The lowest BCUT2D eigenvalue weighted by atomic mass is 10.1. The van der Waals surface area contributed by atoms with Crippen molar-refractivity contribution in [2.24, 2.45) is 0 Å². The number of morpholine rings is 1. The van der Waals surface area contributed by atoms with Gasteiger partial charge in [-0.15, -0.1) is 0 Å². The molecule has 1 amide bonds. The summed E-state index contributed by atoms with van der Waals surface area (Å²) in [4.78, 5) is 14.6. The number of methoxy groups -OCH3 is 1. The first-order valence-electron chi connectivity index (χ1n) is 8.03. The zero-order valence-corrected chi connectivity index (χ0v) is 13.5. The van der Waals surface area contributed by atoms with Crippen molar-refractivity contribution < 1.29 is 23.4 Å². The lowest BCUT2D eigenvalue weighted by Gasteiger charge is -2.39. The summed E-state index contributed by atoms with van der Waals surface area (Å²) in [5.74, 6) is -0.553. The number of hydrogen-bond donors (Lipinski definition) is 0.